The Morgan fingerprint density at radius 2 is 1.39 bits per heavy atom. The maximum Gasteiger partial charge on any atom is 0.222 e. The highest BCUT2D eigenvalue weighted by atomic mass is 16.2. The van der Waals surface area contributed by atoms with Gasteiger partial charge in [-0.25, -0.2) is 0 Å². The molecule has 0 heterocycles. The molecule has 0 aromatic heterocycles. The Balaban J connectivity index is 3.82. The predicted molar refractivity (Wildman–Crippen MR) is 134 cm³/mol. The van der Waals surface area contributed by atoms with Crippen LogP contribution in [0.1, 0.15) is 105 Å². The van der Waals surface area contributed by atoms with Crippen molar-refractivity contribution in [2.45, 2.75) is 111 Å². The largest absolute Gasteiger partial charge is 0.356 e. The molecule has 0 aliphatic rings. The van der Waals surface area contributed by atoms with E-state index in [0.717, 1.165) is 77.3 Å². The van der Waals surface area contributed by atoms with Crippen molar-refractivity contribution in [3.05, 3.63) is 36.5 Å². The number of carbonyl (C=O) groups excluding carboxylic acids is 2. The molecule has 4 heteroatoms. The summed E-state index contributed by atoms with van der Waals surface area (Å²) < 4.78 is 0. The number of nitrogens with one attached hydrogen (secondary N) is 1. The molecule has 0 rings (SSSR count). The van der Waals surface area contributed by atoms with Crippen LogP contribution in [0.15, 0.2) is 36.5 Å². The van der Waals surface area contributed by atoms with E-state index in [4.69, 9.17) is 0 Å². The summed E-state index contributed by atoms with van der Waals surface area (Å²) in [6.07, 6.45) is 24.4. The Labute approximate surface area is 192 Å². The van der Waals surface area contributed by atoms with Crippen LogP contribution in [0, 0.1) is 0 Å². The molecule has 0 spiro atoms. The second-order valence-corrected chi connectivity index (χ2v) is 8.41. The van der Waals surface area contributed by atoms with E-state index in [1.807, 2.05) is 4.90 Å². The molecule has 178 valence electrons. The minimum Gasteiger partial charge on any atom is -0.356 e. The molecule has 1 N–H and O–H groups in total. The molecule has 0 aliphatic heterocycles. The zero-order chi connectivity index (χ0) is 23.2. The summed E-state index contributed by atoms with van der Waals surface area (Å²) in [4.78, 5) is 25.9. The van der Waals surface area contributed by atoms with Crippen molar-refractivity contribution in [3.63, 3.8) is 0 Å². The van der Waals surface area contributed by atoms with Gasteiger partial charge in [-0.1, -0.05) is 69.6 Å². The number of unbranched alkanes of at least 4 members (excludes halogenated alkanes) is 4. The summed E-state index contributed by atoms with van der Waals surface area (Å²) in [6, 6.07) is 0.268. The Morgan fingerprint density at radius 3 is 2.00 bits per heavy atom. The van der Waals surface area contributed by atoms with Gasteiger partial charge in [-0.05, 0) is 58.8 Å². The third kappa shape index (κ3) is 18.6. The second-order valence-electron chi connectivity index (χ2n) is 8.41. The van der Waals surface area contributed by atoms with Gasteiger partial charge in [0.2, 0.25) is 11.8 Å². The van der Waals surface area contributed by atoms with Crippen molar-refractivity contribution in [2.75, 3.05) is 13.1 Å². The van der Waals surface area contributed by atoms with Crippen LogP contribution in [0.25, 0.3) is 0 Å². The van der Waals surface area contributed by atoms with Gasteiger partial charge in [-0.3, -0.25) is 9.59 Å². The predicted octanol–water partition coefficient (Wildman–Crippen LogP) is 6.73. The molecular weight excluding hydrogens is 384 g/mol. The van der Waals surface area contributed by atoms with Gasteiger partial charge in [0.1, 0.15) is 0 Å². The number of hydrogen-bond donors (Lipinski definition) is 1. The first-order valence-electron chi connectivity index (χ1n) is 12.5. The molecule has 0 unspecified atom stereocenters. The Morgan fingerprint density at radius 1 is 0.774 bits per heavy atom. The zero-order valence-corrected chi connectivity index (χ0v) is 20.7. The number of nitrogens with zero attached hydrogens (tertiary/aromatic N) is 1. The van der Waals surface area contributed by atoms with Gasteiger partial charge in [0.05, 0.1) is 0 Å². The molecule has 2 amide bonds. The molecule has 31 heavy (non-hydrogen) atoms. The SMILES string of the molecule is CCCCCC(=O)N(CCC=CCC=CCC=CCCCC(=O)NCCCC)C(C)C. The van der Waals surface area contributed by atoms with E-state index < -0.39 is 0 Å². The van der Waals surface area contributed by atoms with Crippen molar-refractivity contribution in [1.29, 1.82) is 0 Å². The first-order chi connectivity index (χ1) is 15.0. The summed E-state index contributed by atoms with van der Waals surface area (Å²) in [5.41, 5.74) is 0. The van der Waals surface area contributed by atoms with Crippen LogP contribution in [0.5, 0.6) is 0 Å². The average Bonchev–Trinajstić information content (AvgIpc) is 2.74. The van der Waals surface area contributed by atoms with Gasteiger partial charge in [-0.15, -0.1) is 0 Å². The van der Waals surface area contributed by atoms with Crippen LogP contribution < -0.4 is 5.32 Å². The first kappa shape index (κ1) is 29.2. The zero-order valence-electron chi connectivity index (χ0n) is 20.7. The number of hydrogen-bond acceptors (Lipinski definition) is 2. The summed E-state index contributed by atoms with van der Waals surface area (Å²) in [5, 5.41) is 2.95. The number of amides is 2. The molecule has 0 saturated carbocycles. The summed E-state index contributed by atoms with van der Waals surface area (Å²) >= 11 is 0. The normalized spacial score (nSPS) is 11.9. The molecule has 0 saturated heterocycles. The van der Waals surface area contributed by atoms with Gasteiger partial charge in [0.15, 0.2) is 0 Å². The molecule has 0 aliphatic carbocycles. The van der Waals surface area contributed by atoms with Crippen molar-refractivity contribution in [2.24, 2.45) is 0 Å². The van der Waals surface area contributed by atoms with Crippen molar-refractivity contribution in [3.8, 4) is 0 Å². The lowest BCUT2D eigenvalue weighted by Crippen LogP contribution is -2.37. The highest BCUT2D eigenvalue weighted by Gasteiger charge is 2.15. The summed E-state index contributed by atoms with van der Waals surface area (Å²) in [6.45, 7) is 10.1. The molecule has 4 nitrogen and oxygen atoms in total. The molecule has 0 fully saturated rings. The standard InChI is InChI=1S/C27H48N2O2/c1-5-7-18-22-27(31)29(25(3)4)24-20-17-15-13-11-9-10-12-14-16-19-21-26(30)28-23-8-6-2/h9,11-12,14-15,17,25H,5-8,10,13,16,18-24H2,1-4H3,(H,28,30). The minimum absolute atomic E-state index is 0.172. The van der Waals surface area contributed by atoms with Gasteiger partial charge in [0, 0.05) is 32.0 Å². The molecule has 0 aromatic rings. The monoisotopic (exact) mass is 432 g/mol. The van der Waals surface area contributed by atoms with Crippen molar-refractivity contribution < 1.29 is 9.59 Å². The van der Waals surface area contributed by atoms with Crippen LogP contribution in [0.4, 0.5) is 0 Å². The fourth-order valence-corrected chi connectivity index (χ4v) is 3.21. The van der Waals surface area contributed by atoms with E-state index in [1.54, 1.807) is 0 Å². The van der Waals surface area contributed by atoms with Crippen LogP contribution in [-0.2, 0) is 9.59 Å². The molecular formula is C27H48N2O2. The Bertz CT molecular complexity index is 535. The fourth-order valence-electron chi connectivity index (χ4n) is 3.21. The topological polar surface area (TPSA) is 49.4 Å². The Kier molecular flexibility index (Phi) is 20.1. The van der Waals surface area contributed by atoms with E-state index in [-0.39, 0.29) is 11.9 Å². The average molecular weight is 433 g/mol. The van der Waals surface area contributed by atoms with E-state index in [0.29, 0.717) is 18.7 Å². The molecule has 0 aromatic carbocycles. The molecule has 0 atom stereocenters. The Hall–Kier alpha value is -1.84. The van der Waals surface area contributed by atoms with Crippen LogP contribution in [0.2, 0.25) is 0 Å². The van der Waals surface area contributed by atoms with E-state index >= 15 is 0 Å². The summed E-state index contributed by atoms with van der Waals surface area (Å²) in [5.74, 6) is 0.464. The van der Waals surface area contributed by atoms with Crippen molar-refractivity contribution >= 4 is 11.8 Å². The molecule has 0 radical (unpaired) electrons. The van der Waals surface area contributed by atoms with Gasteiger partial charge < -0.3 is 10.2 Å². The second kappa shape index (κ2) is 21.4. The smallest absolute Gasteiger partial charge is 0.222 e. The number of rotatable bonds is 19. The highest BCUT2D eigenvalue weighted by molar-refractivity contribution is 5.76. The van der Waals surface area contributed by atoms with E-state index in [1.165, 1.54) is 0 Å². The molecule has 0 bridgehead atoms. The third-order valence-corrected chi connectivity index (χ3v) is 5.15. The van der Waals surface area contributed by atoms with Crippen LogP contribution >= 0.6 is 0 Å². The number of allylic oxidation sites excluding steroid dienone is 5. The fraction of sp³-hybridized carbons (Fsp3) is 0.704. The first-order valence-corrected chi connectivity index (χ1v) is 12.5. The van der Waals surface area contributed by atoms with E-state index in [9.17, 15) is 9.59 Å². The van der Waals surface area contributed by atoms with Gasteiger partial charge in [0.25, 0.3) is 0 Å². The minimum atomic E-state index is 0.172. The van der Waals surface area contributed by atoms with Crippen molar-refractivity contribution in [1.82, 2.24) is 10.2 Å². The lowest BCUT2D eigenvalue weighted by Gasteiger charge is -2.26. The number of carbonyl (C=O) groups is 2. The van der Waals surface area contributed by atoms with E-state index in [2.05, 4.69) is 69.5 Å². The third-order valence-electron chi connectivity index (χ3n) is 5.15. The van der Waals surface area contributed by atoms with Crippen LogP contribution in [0.3, 0.4) is 0 Å². The lowest BCUT2D eigenvalue weighted by molar-refractivity contribution is -0.133. The van der Waals surface area contributed by atoms with Gasteiger partial charge >= 0.3 is 0 Å². The maximum absolute atomic E-state index is 12.3. The maximum atomic E-state index is 12.3. The van der Waals surface area contributed by atoms with Gasteiger partial charge in [-0.2, -0.15) is 0 Å². The quantitative estimate of drug-likeness (QED) is 0.182. The highest BCUT2D eigenvalue weighted by Crippen LogP contribution is 2.08. The lowest BCUT2D eigenvalue weighted by atomic mass is 10.1. The van der Waals surface area contributed by atoms with Crippen LogP contribution in [-0.4, -0.2) is 35.8 Å². The summed E-state index contributed by atoms with van der Waals surface area (Å²) in [7, 11) is 0.